The fourth-order valence-corrected chi connectivity index (χ4v) is 3.21. The van der Waals surface area contributed by atoms with Gasteiger partial charge in [-0.05, 0) is 37.0 Å². The topological polar surface area (TPSA) is 56.3 Å². The van der Waals surface area contributed by atoms with E-state index in [2.05, 4.69) is 18.0 Å². The minimum Gasteiger partial charge on any atom is -0.394 e. The highest BCUT2D eigenvalue weighted by Gasteiger charge is 2.28. The van der Waals surface area contributed by atoms with E-state index in [1.165, 1.54) is 5.56 Å². The zero-order valence-electron chi connectivity index (χ0n) is 11.7. The molecule has 1 aromatic carbocycles. The molecule has 0 radical (unpaired) electrons. The van der Waals surface area contributed by atoms with Crippen molar-refractivity contribution in [1.82, 2.24) is 9.88 Å². The number of H-pyrrole nitrogens is 1. The quantitative estimate of drug-likeness (QED) is 0.898. The Morgan fingerprint density at radius 3 is 3.15 bits per heavy atom. The van der Waals surface area contributed by atoms with E-state index in [9.17, 15) is 9.90 Å². The number of amides is 1. The number of benzene rings is 1. The van der Waals surface area contributed by atoms with E-state index in [-0.39, 0.29) is 18.6 Å². The number of aliphatic hydroxyl groups excluding tert-OH is 1. The third-order valence-electron chi connectivity index (χ3n) is 4.25. The molecular formula is C16H20N2O2. The molecule has 0 saturated carbocycles. The van der Waals surface area contributed by atoms with Gasteiger partial charge in [0.15, 0.2) is 0 Å². The van der Waals surface area contributed by atoms with Crippen molar-refractivity contribution >= 4 is 16.8 Å². The van der Waals surface area contributed by atoms with Crippen molar-refractivity contribution in [2.75, 3.05) is 13.2 Å². The Bertz CT molecular complexity index is 632. The number of rotatable bonds is 3. The van der Waals surface area contributed by atoms with Gasteiger partial charge in [0, 0.05) is 23.6 Å². The maximum atomic E-state index is 12.4. The number of carbonyl (C=O) groups excluding carboxylic acids is 1. The molecule has 20 heavy (non-hydrogen) atoms. The number of nitrogens with zero attached hydrogens (tertiary/aromatic N) is 1. The predicted octanol–water partition coefficient (Wildman–Crippen LogP) is 2.00. The van der Waals surface area contributed by atoms with Crippen molar-refractivity contribution in [3.8, 4) is 0 Å². The number of aliphatic hydroxyl groups is 1. The van der Waals surface area contributed by atoms with Crippen molar-refractivity contribution in [1.29, 1.82) is 0 Å². The van der Waals surface area contributed by atoms with Crippen molar-refractivity contribution in [3.63, 3.8) is 0 Å². The summed E-state index contributed by atoms with van der Waals surface area (Å²) in [4.78, 5) is 17.5. The molecule has 4 nitrogen and oxygen atoms in total. The average molecular weight is 272 g/mol. The van der Waals surface area contributed by atoms with Crippen molar-refractivity contribution in [3.05, 3.63) is 35.5 Å². The molecule has 1 aliphatic rings. The number of hydrogen-bond donors (Lipinski definition) is 2. The van der Waals surface area contributed by atoms with E-state index >= 15 is 0 Å². The standard InChI is InChI=1S/C16H20N2O2/c1-11-4-2-6-14-16(11)12(9-17-14)8-15(20)18-7-3-5-13(18)10-19/h2,4,6,9,13,17,19H,3,5,7-8,10H2,1H3. The predicted molar refractivity (Wildman–Crippen MR) is 78.6 cm³/mol. The summed E-state index contributed by atoms with van der Waals surface area (Å²) in [5.74, 6) is 0.116. The van der Waals surface area contributed by atoms with Gasteiger partial charge in [-0.3, -0.25) is 4.79 Å². The van der Waals surface area contributed by atoms with Crippen LogP contribution in [0.15, 0.2) is 24.4 Å². The van der Waals surface area contributed by atoms with Gasteiger partial charge >= 0.3 is 0 Å². The first kappa shape index (κ1) is 13.2. The van der Waals surface area contributed by atoms with Gasteiger partial charge in [-0.2, -0.15) is 0 Å². The molecule has 0 aliphatic carbocycles. The normalized spacial score (nSPS) is 18.9. The molecule has 0 spiro atoms. The van der Waals surface area contributed by atoms with Crippen LogP contribution in [0.4, 0.5) is 0 Å². The lowest BCUT2D eigenvalue weighted by Gasteiger charge is -2.23. The van der Waals surface area contributed by atoms with Crippen LogP contribution in [0.5, 0.6) is 0 Å². The summed E-state index contributed by atoms with van der Waals surface area (Å²) in [6.45, 7) is 2.90. The zero-order chi connectivity index (χ0) is 14.1. The van der Waals surface area contributed by atoms with Crippen LogP contribution in [0.25, 0.3) is 10.9 Å². The van der Waals surface area contributed by atoms with E-state index < -0.39 is 0 Å². The molecule has 0 bridgehead atoms. The molecule has 106 valence electrons. The number of hydrogen-bond acceptors (Lipinski definition) is 2. The first-order valence-electron chi connectivity index (χ1n) is 7.16. The molecule has 1 amide bonds. The lowest BCUT2D eigenvalue weighted by Crippen LogP contribution is -2.38. The van der Waals surface area contributed by atoms with Crippen molar-refractivity contribution in [2.24, 2.45) is 0 Å². The van der Waals surface area contributed by atoms with Gasteiger partial charge in [-0.25, -0.2) is 0 Å². The summed E-state index contributed by atoms with van der Waals surface area (Å²) in [5, 5.41) is 10.5. The molecule has 2 heterocycles. The number of likely N-dealkylation sites (tertiary alicyclic amines) is 1. The molecule has 1 aromatic heterocycles. The van der Waals surface area contributed by atoms with Crippen LogP contribution in [0.2, 0.25) is 0 Å². The third kappa shape index (κ3) is 2.20. The van der Waals surface area contributed by atoms with Crippen LogP contribution in [0.3, 0.4) is 0 Å². The SMILES string of the molecule is Cc1cccc2[nH]cc(CC(=O)N3CCCC3CO)c12. The zero-order valence-corrected chi connectivity index (χ0v) is 11.7. The van der Waals surface area contributed by atoms with Gasteiger partial charge in [0.25, 0.3) is 0 Å². The van der Waals surface area contributed by atoms with Gasteiger partial charge in [0.1, 0.15) is 0 Å². The molecule has 1 fully saturated rings. The fourth-order valence-electron chi connectivity index (χ4n) is 3.21. The number of fused-ring (bicyclic) bond motifs is 1. The van der Waals surface area contributed by atoms with Crippen LogP contribution in [0, 0.1) is 6.92 Å². The van der Waals surface area contributed by atoms with Gasteiger partial charge in [-0.1, -0.05) is 12.1 Å². The second kappa shape index (κ2) is 5.29. The number of aromatic nitrogens is 1. The lowest BCUT2D eigenvalue weighted by atomic mass is 10.0. The minimum atomic E-state index is 0.00815. The summed E-state index contributed by atoms with van der Waals surface area (Å²) < 4.78 is 0. The highest BCUT2D eigenvalue weighted by Crippen LogP contribution is 2.24. The maximum Gasteiger partial charge on any atom is 0.227 e. The Hall–Kier alpha value is -1.81. The Balaban J connectivity index is 1.84. The molecule has 1 aliphatic heterocycles. The fraction of sp³-hybridized carbons (Fsp3) is 0.438. The van der Waals surface area contributed by atoms with Crippen LogP contribution < -0.4 is 0 Å². The molecule has 1 atom stereocenters. The molecule has 1 saturated heterocycles. The first-order valence-corrected chi connectivity index (χ1v) is 7.16. The summed E-state index contributed by atoms with van der Waals surface area (Å²) in [6, 6.07) is 6.12. The molecule has 1 unspecified atom stereocenters. The third-order valence-corrected chi connectivity index (χ3v) is 4.25. The summed E-state index contributed by atoms with van der Waals surface area (Å²) in [7, 11) is 0. The van der Waals surface area contributed by atoms with E-state index in [0.29, 0.717) is 6.42 Å². The highest BCUT2D eigenvalue weighted by molar-refractivity contribution is 5.91. The molecular weight excluding hydrogens is 252 g/mol. The Kier molecular flexibility index (Phi) is 3.49. The van der Waals surface area contributed by atoms with Crippen molar-refractivity contribution < 1.29 is 9.90 Å². The highest BCUT2D eigenvalue weighted by atomic mass is 16.3. The van der Waals surface area contributed by atoms with E-state index in [1.54, 1.807) is 0 Å². The molecule has 3 rings (SSSR count). The average Bonchev–Trinajstić information content (AvgIpc) is 3.06. The summed E-state index contributed by atoms with van der Waals surface area (Å²) in [6.07, 6.45) is 4.24. The number of nitrogens with one attached hydrogen (secondary N) is 1. The van der Waals surface area contributed by atoms with Crippen LogP contribution >= 0.6 is 0 Å². The van der Waals surface area contributed by atoms with E-state index in [4.69, 9.17) is 0 Å². The van der Waals surface area contributed by atoms with Crippen LogP contribution in [-0.4, -0.2) is 40.1 Å². The van der Waals surface area contributed by atoms with Crippen molar-refractivity contribution in [2.45, 2.75) is 32.2 Å². The van der Waals surface area contributed by atoms with Gasteiger partial charge in [0.2, 0.25) is 5.91 Å². The smallest absolute Gasteiger partial charge is 0.227 e. The number of aromatic amines is 1. The Labute approximate surface area is 118 Å². The maximum absolute atomic E-state index is 12.4. The number of aryl methyl sites for hydroxylation is 1. The van der Waals surface area contributed by atoms with E-state index in [0.717, 1.165) is 35.9 Å². The van der Waals surface area contributed by atoms with Gasteiger partial charge in [0.05, 0.1) is 19.1 Å². The summed E-state index contributed by atoms with van der Waals surface area (Å²) in [5.41, 5.74) is 3.31. The lowest BCUT2D eigenvalue weighted by molar-refractivity contribution is -0.131. The first-order chi connectivity index (χ1) is 9.70. The Morgan fingerprint density at radius 2 is 2.35 bits per heavy atom. The van der Waals surface area contributed by atoms with Crippen LogP contribution in [0.1, 0.15) is 24.0 Å². The molecule has 2 aromatic rings. The second-order valence-corrected chi connectivity index (χ2v) is 5.55. The Morgan fingerprint density at radius 1 is 1.50 bits per heavy atom. The molecule has 4 heteroatoms. The second-order valence-electron chi connectivity index (χ2n) is 5.55. The minimum absolute atomic E-state index is 0.00815. The van der Waals surface area contributed by atoms with Gasteiger partial charge < -0.3 is 15.0 Å². The van der Waals surface area contributed by atoms with E-state index in [1.807, 2.05) is 23.2 Å². The molecule has 2 N–H and O–H groups in total. The largest absolute Gasteiger partial charge is 0.394 e. The number of carbonyl (C=O) groups is 1. The monoisotopic (exact) mass is 272 g/mol. The van der Waals surface area contributed by atoms with Gasteiger partial charge in [-0.15, -0.1) is 0 Å². The summed E-state index contributed by atoms with van der Waals surface area (Å²) >= 11 is 0. The van der Waals surface area contributed by atoms with Crippen LogP contribution in [-0.2, 0) is 11.2 Å².